The summed E-state index contributed by atoms with van der Waals surface area (Å²) in [5.41, 5.74) is 3.65. The number of hydrogen-bond acceptors (Lipinski definition) is 3. The lowest BCUT2D eigenvalue weighted by atomic mass is 9.95. The molecule has 2 aromatic carbocycles. The highest BCUT2D eigenvalue weighted by molar-refractivity contribution is 9.10. The SMILES string of the molecule is CCOc1cc(CNC2CCCCC2)c(Br)cc1OCc1ccccc1C. The summed E-state index contributed by atoms with van der Waals surface area (Å²) in [6, 6.07) is 13.1. The second-order valence-corrected chi connectivity index (χ2v) is 8.11. The van der Waals surface area contributed by atoms with Crippen molar-refractivity contribution in [2.24, 2.45) is 0 Å². The Kier molecular flexibility index (Phi) is 7.59. The van der Waals surface area contributed by atoms with Crippen LogP contribution in [0.1, 0.15) is 55.7 Å². The second kappa shape index (κ2) is 10.1. The van der Waals surface area contributed by atoms with Crippen molar-refractivity contribution in [1.29, 1.82) is 0 Å². The molecular weight excluding hydrogens is 402 g/mol. The van der Waals surface area contributed by atoms with Crippen LogP contribution in [0.2, 0.25) is 0 Å². The standard InChI is InChI=1S/C23H30BrNO2/c1-3-26-22-13-19(15-25-20-11-5-4-6-12-20)21(24)14-23(22)27-16-18-10-8-7-9-17(18)2/h7-10,13-14,20,25H,3-6,11-12,15-16H2,1-2H3. The molecule has 3 rings (SSSR count). The van der Waals surface area contributed by atoms with Gasteiger partial charge in [0.1, 0.15) is 6.61 Å². The monoisotopic (exact) mass is 431 g/mol. The van der Waals surface area contributed by atoms with E-state index in [1.54, 1.807) is 0 Å². The van der Waals surface area contributed by atoms with Crippen LogP contribution < -0.4 is 14.8 Å². The Morgan fingerprint density at radius 1 is 1.00 bits per heavy atom. The van der Waals surface area contributed by atoms with E-state index in [0.717, 1.165) is 22.5 Å². The first-order valence-corrected chi connectivity index (χ1v) is 10.8. The van der Waals surface area contributed by atoms with E-state index in [1.807, 2.05) is 19.1 Å². The Bertz CT molecular complexity index is 741. The Labute approximate surface area is 171 Å². The van der Waals surface area contributed by atoms with Crippen LogP contribution in [0.15, 0.2) is 40.9 Å². The van der Waals surface area contributed by atoms with Gasteiger partial charge >= 0.3 is 0 Å². The molecule has 0 bridgehead atoms. The van der Waals surface area contributed by atoms with Gasteiger partial charge in [0.15, 0.2) is 11.5 Å². The van der Waals surface area contributed by atoms with Crippen molar-refractivity contribution < 1.29 is 9.47 Å². The van der Waals surface area contributed by atoms with Crippen molar-refractivity contribution in [3.63, 3.8) is 0 Å². The van der Waals surface area contributed by atoms with Crippen LogP contribution in [-0.4, -0.2) is 12.6 Å². The minimum Gasteiger partial charge on any atom is -0.490 e. The fraction of sp³-hybridized carbons (Fsp3) is 0.478. The van der Waals surface area contributed by atoms with Crippen LogP contribution in [0.5, 0.6) is 11.5 Å². The average Bonchev–Trinajstić information content (AvgIpc) is 2.69. The molecule has 3 nitrogen and oxygen atoms in total. The summed E-state index contributed by atoms with van der Waals surface area (Å²) in [6.45, 7) is 6.13. The highest BCUT2D eigenvalue weighted by Gasteiger charge is 2.15. The van der Waals surface area contributed by atoms with E-state index in [0.29, 0.717) is 19.3 Å². The van der Waals surface area contributed by atoms with Crippen molar-refractivity contribution in [3.05, 3.63) is 57.6 Å². The van der Waals surface area contributed by atoms with Crippen LogP contribution in [0, 0.1) is 6.92 Å². The van der Waals surface area contributed by atoms with E-state index in [1.165, 1.54) is 48.8 Å². The van der Waals surface area contributed by atoms with E-state index in [-0.39, 0.29) is 0 Å². The van der Waals surface area contributed by atoms with E-state index in [4.69, 9.17) is 9.47 Å². The van der Waals surface area contributed by atoms with Gasteiger partial charge in [0.05, 0.1) is 6.61 Å². The van der Waals surface area contributed by atoms with Gasteiger partial charge in [-0.05, 0) is 55.5 Å². The first kappa shape index (κ1) is 20.2. The lowest BCUT2D eigenvalue weighted by molar-refractivity contribution is 0.268. The van der Waals surface area contributed by atoms with Gasteiger partial charge in [-0.2, -0.15) is 0 Å². The van der Waals surface area contributed by atoms with Crippen molar-refractivity contribution in [1.82, 2.24) is 5.32 Å². The Morgan fingerprint density at radius 3 is 2.48 bits per heavy atom. The number of nitrogens with one attached hydrogen (secondary N) is 1. The third-order valence-corrected chi connectivity index (χ3v) is 5.98. The fourth-order valence-corrected chi connectivity index (χ4v) is 4.04. The van der Waals surface area contributed by atoms with E-state index >= 15 is 0 Å². The number of aryl methyl sites for hydroxylation is 1. The molecule has 0 spiro atoms. The molecule has 0 radical (unpaired) electrons. The highest BCUT2D eigenvalue weighted by Crippen LogP contribution is 2.35. The smallest absolute Gasteiger partial charge is 0.162 e. The fourth-order valence-electron chi connectivity index (χ4n) is 3.58. The lowest BCUT2D eigenvalue weighted by Gasteiger charge is -2.23. The highest BCUT2D eigenvalue weighted by atomic mass is 79.9. The summed E-state index contributed by atoms with van der Waals surface area (Å²) >= 11 is 3.72. The third kappa shape index (κ3) is 5.73. The van der Waals surface area contributed by atoms with Crippen molar-refractivity contribution in [2.75, 3.05) is 6.61 Å². The molecular formula is C23H30BrNO2. The maximum atomic E-state index is 6.11. The summed E-state index contributed by atoms with van der Waals surface area (Å²) in [7, 11) is 0. The number of halogens is 1. The first-order valence-electron chi connectivity index (χ1n) is 10.0. The summed E-state index contributed by atoms with van der Waals surface area (Å²) < 4.78 is 13.0. The zero-order valence-electron chi connectivity index (χ0n) is 16.4. The first-order chi connectivity index (χ1) is 13.2. The van der Waals surface area contributed by atoms with Crippen LogP contribution in [0.25, 0.3) is 0 Å². The lowest BCUT2D eigenvalue weighted by Crippen LogP contribution is -2.30. The predicted octanol–water partition coefficient (Wildman–Crippen LogP) is 6.16. The quantitative estimate of drug-likeness (QED) is 0.542. The Hall–Kier alpha value is -1.52. The molecule has 1 aliphatic rings. The van der Waals surface area contributed by atoms with E-state index in [2.05, 4.69) is 52.4 Å². The summed E-state index contributed by atoms with van der Waals surface area (Å²) in [6.07, 6.45) is 6.63. The van der Waals surface area contributed by atoms with Crippen molar-refractivity contribution >= 4 is 15.9 Å². The Morgan fingerprint density at radius 2 is 1.74 bits per heavy atom. The van der Waals surface area contributed by atoms with E-state index in [9.17, 15) is 0 Å². The van der Waals surface area contributed by atoms with Gasteiger partial charge in [-0.3, -0.25) is 0 Å². The zero-order chi connectivity index (χ0) is 19.1. The van der Waals surface area contributed by atoms with Gasteiger partial charge in [-0.25, -0.2) is 0 Å². The summed E-state index contributed by atoms with van der Waals surface area (Å²) in [4.78, 5) is 0. The van der Waals surface area contributed by atoms with Gasteiger partial charge < -0.3 is 14.8 Å². The van der Waals surface area contributed by atoms with Gasteiger partial charge in [-0.15, -0.1) is 0 Å². The van der Waals surface area contributed by atoms with Gasteiger partial charge in [0, 0.05) is 17.1 Å². The molecule has 0 heterocycles. The molecule has 1 saturated carbocycles. The van der Waals surface area contributed by atoms with Crippen molar-refractivity contribution in [2.45, 2.75) is 65.1 Å². The minimum absolute atomic E-state index is 0.541. The molecule has 27 heavy (non-hydrogen) atoms. The predicted molar refractivity (Wildman–Crippen MR) is 115 cm³/mol. The van der Waals surface area contributed by atoms with Crippen LogP contribution in [-0.2, 0) is 13.2 Å². The van der Waals surface area contributed by atoms with Gasteiger partial charge in [0.25, 0.3) is 0 Å². The molecule has 1 N–H and O–H groups in total. The second-order valence-electron chi connectivity index (χ2n) is 7.25. The number of hydrogen-bond donors (Lipinski definition) is 1. The summed E-state index contributed by atoms with van der Waals surface area (Å²) in [5.74, 6) is 1.60. The normalized spacial score (nSPS) is 14.9. The number of ether oxygens (including phenoxy) is 2. The molecule has 0 amide bonds. The summed E-state index contributed by atoms with van der Waals surface area (Å²) in [5, 5.41) is 3.71. The largest absolute Gasteiger partial charge is 0.490 e. The maximum Gasteiger partial charge on any atom is 0.162 e. The van der Waals surface area contributed by atoms with Gasteiger partial charge in [0.2, 0.25) is 0 Å². The Balaban J connectivity index is 1.70. The molecule has 0 unspecified atom stereocenters. The molecule has 0 saturated heterocycles. The molecule has 0 aromatic heterocycles. The van der Waals surface area contributed by atoms with Gasteiger partial charge in [-0.1, -0.05) is 59.5 Å². The minimum atomic E-state index is 0.541. The van der Waals surface area contributed by atoms with Crippen LogP contribution in [0.4, 0.5) is 0 Å². The van der Waals surface area contributed by atoms with Crippen molar-refractivity contribution in [3.8, 4) is 11.5 Å². The molecule has 1 aliphatic carbocycles. The zero-order valence-corrected chi connectivity index (χ0v) is 18.0. The maximum absolute atomic E-state index is 6.11. The molecule has 146 valence electrons. The number of benzene rings is 2. The molecule has 0 aliphatic heterocycles. The average molecular weight is 432 g/mol. The van der Waals surface area contributed by atoms with Crippen LogP contribution >= 0.6 is 15.9 Å². The third-order valence-electron chi connectivity index (χ3n) is 5.24. The topological polar surface area (TPSA) is 30.5 Å². The molecule has 1 fully saturated rings. The van der Waals surface area contributed by atoms with Crippen LogP contribution in [0.3, 0.4) is 0 Å². The molecule has 0 atom stereocenters. The number of rotatable bonds is 8. The van der Waals surface area contributed by atoms with E-state index < -0.39 is 0 Å². The molecule has 4 heteroatoms. The molecule has 2 aromatic rings.